The molecular weight excluding hydrogens is 277 g/mol. The SMILES string of the molecule is CC.COC(=O)c1cc(Br)c(N)c(C)c1F. The molecule has 0 amide bonds. The molecule has 0 aliphatic carbocycles. The van der Waals surface area contributed by atoms with Crippen molar-refractivity contribution in [2.45, 2.75) is 20.8 Å². The van der Waals surface area contributed by atoms with Crippen LogP contribution >= 0.6 is 15.9 Å². The Morgan fingerprint density at radius 1 is 1.50 bits per heavy atom. The standard InChI is InChI=1S/C9H9BrFNO2.C2H6/c1-4-7(11)5(9(13)14-2)3-6(10)8(4)12;1-2/h3H,12H2,1-2H3;1-2H3. The maximum Gasteiger partial charge on any atom is 0.340 e. The van der Waals surface area contributed by atoms with Gasteiger partial charge in [0.05, 0.1) is 18.4 Å². The van der Waals surface area contributed by atoms with Crippen molar-refractivity contribution in [1.29, 1.82) is 0 Å². The van der Waals surface area contributed by atoms with Gasteiger partial charge in [-0.15, -0.1) is 0 Å². The van der Waals surface area contributed by atoms with Gasteiger partial charge in [0.25, 0.3) is 0 Å². The minimum Gasteiger partial charge on any atom is -0.465 e. The van der Waals surface area contributed by atoms with E-state index in [4.69, 9.17) is 5.73 Å². The van der Waals surface area contributed by atoms with Crippen LogP contribution in [0.5, 0.6) is 0 Å². The Morgan fingerprint density at radius 3 is 2.44 bits per heavy atom. The van der Waals surface area contributed by atoms with E-state index >= 15 is 0 Å². The molecule has 0 heterocycles. The first-order valence-electron chi connectivity index (χ1n) is 4.81. The highest BCUT2D eigenvalue weighted by Crippen LogP contribution is 2.28. The van der Waals surface area contributed by atoms with Crippen LogP contribution in [0, 0.1) is 12.7 Å². The van der Waals surface area contributed by atoms with Crippen molar-refractivity contribution in [3.8, 4) is 0 Å². The van der Waals surface area contributed by atoms with Crippen LogP contribution in [0.25, 0.3) is 0 Å². The molecule has 0 aliphatic rings. The Balaban J connectivity index is 0.00000106. The minimum atomic E-state index is -0.716. The van der Waals surface area contributed by atoms with E-state index in [1.54, 1.807) is 0 Å². The van der Waals surface area contributed by atoms with Crippen molar-refractivity contribution in [2.75, 3.05) is 12.8 Å². The van der Waals surface area contributed by atoms with Gasteiger partial charge in [0, 0.05) is 10.0 Å². The van der Waals surface area contributed by atoms with Gasteiger partial charge in [-0.2, -0.15) is 0 Å². The number of rotatable bonds is 1. The maximum absolute atomic E-state index is 13.5. The van der Waals surface area contributed by atoms with E-state index in [1.165, 1.54) is 20.1 Å². The summed E-state index contributed by atoms with van der Waals surface area (Å²) in [4.78, 5) is 11.1. The first-order valence-corrected chi connectivity index (χ1v) is 5.60. The summed E-state index contributed by atoms with van der Waals surface area (Å²) in [6, 6.07) is 1.31. The lowest BCUT2D eigenvalue weighted by molar-refractivity contribution is 0.0595. The molecule has 1 aromatic carbocycles. The molecular formula is C11H15BrFNO2. The molecule has 0 radical (unpaired) electrons. The molecule has 0 saturated carbocycles. The molecule has 0 fully saturated rings. The molecule has 16 heavy (non-hydrogen) atoms. The quantitative estimate of drug-likeness (QED) is 0.638. The number of hydrogen-bond donors (Lipinski definition) is 1. The molecule has 0 aromatic heterocycles. The van der Waals surface area contributed by atoms with E-state index in [9.17, 15) is 9.18 Å². The second-order valence-electron chi connectivity index (χ2n) is 2.75. The number of carbonyl (C=O) groups excluding carboxylic acids is 1. The van der Waals surface area contributed by atoms with Crippen molar-refractivity contribution in [3.63, 3.8) is 0 Å². The van der Waals surface area contributed by atoms with E-state index in [0.29, 0.717) is 4.47 Å². The van der Waals surface area contributed by atoms with Crippen molar-refractivity contribution < 1.29 is 13.9 Å². The zero-order valence-corrected chi connectivity index (χ0v) is 11.3. The smallest absolute Gasteiger partial charge is 0.340 e. The number of benzene rings is 1. The third-order valence-electron chi connectivity index (χ3n) is 1.90. The highest BCUT2D eigenvalue weighted by Gasteiger charge is 2.17. The van der Waals surface area contributed by atoms with Gasteiger partial charge in [0.2, 0.25) is 0 Å². The van der Waals surface area contributed by atoms with Crippen molar-refractivity contribution in [3.05, 3.63) is 27.5 Å². The van der Waals surface area contributed by atoms with Crippen LogP contribution in [0.2, 0.25) is 0 Å². The molecule has 0 aliphatic heterocycles. The molecule has 5 heteroatoms. The van der Waals surface area contributed by atoms with Crippen LogP contribution in [-0.4, -0.2) is 13.1 Å². The zero-order valence-electron chi connectivity index (χ0n) is 9.73. The monoisotopic (exact) mass is 291 g/mol. The summed E-state index contributed by atoms with van der Waals surface area (Å²) in [7, 11) is 1.20. The molecule has 3 nitrogen and oxygen atoms in total. The summed E-state index contributed by atoms with van der Waals surface area (Å²) in [5.74, 6) is -1.36. The van der Waals surface area contributed by atoms with Crippen LogP contribution in [0.15, 0.2) is 10.5 Å². The summed E-state index contributed by atoms with van der Waals surface area (Å²) in [5, 5.41) is 0. The first-order chi connectivity index (χ1) is 7.49. The predicted octanol–water partition coefficient (Wildman–Crippen LogP) is 3.29. The minimum absolute atomic E-state index is 0.119. The number of nitrogens with two attached hydrogens (primary N) is 1. The summed E-state index contributed by atoms with van der Waals surface area (Å²) in [6.45, 7) is 5.50. The van der Waals surface area contributed by atoms with Gasteiger partial charge < -0.3 is 10.5 Å². The van der Waals surface area contributed by atoms with Gasteiger partial charge in [-0.05, 0) is 28.9 Å². The first kappa shape index (κ1) is 14.9. The van der Waals surface area contributed by atoms with E-state index in [0.717, 1.165) is 0 Å². The molecule has 1 aromatic rings. The normalized spacial score (nSPS) is 9.12. The lowest BCUT2D eigenvalue weighted by atomic mass is 10.1. The average Bonchev–Trinajstić information content (AvgIpc) is 2.32. The Bertz CT molecular complexity index is 394. The number of carbonyl (C=O) groups is 1. The van der Waals surface area contributed by atoms with Gasteiger partial charge >= 0.3 is 5.97 Å². The molecule has 0 atom stereocenters. The number of ether oxygens (including phenoxy) is 1. The molecule has 0 saturated heterocycles. The van der Waals surface area contributed by atoms with Crippen LogP contribution in [0.3, 0.4) is 0 Å². The lowest BCUT2D eigenvalue weighted by Crippen LogP contribution is -2.07. The van der Waals surface area contributed by atoms with E-state index < -0.39 is 11.8 Å². The summed E-state index contributed by atoms with van der Waals surface area (Å²) in [6.07, 6.45) is 0. The fourth-order valence-electron chi connectivity index (χ4n) is 1.03. The van der Waals surface area contributed by atoms with Gasteiger partial charge in [-0.1, -0.05) is 13.8 Å². The highest BCUT2D eigenvalue weighted by atomic mass is 79.9. The molecule has 0 bridgehead atoms. The summed E-state index contributed by atoms with van der Waals surface area (Å²) in [5.41, 5.74) is 5.96. The fraction of sp³-hybridized carbons (Fsp3) is 0.364. The second-order valence-corrected chi connectivity index (χ2v) is 3.60. The van der Waals surface area contributed by atoms with Crippen LogP contribution in [0.1, 0.15) is 29.8 Å². The second kappa shape index (κ2) is 6.48. The lowest BCUT2D eigenvalue weighted by Gasteiger charge is -2.08. The number of halogens is 2. The predicted molar refractivity (Wildman–Crippen MR) is 65.9 cm³/mol. The molecule has 90 valence electrons. The van der Waals surface area contributed by atoms with Crippen LogP contribution in [-0.2, 0) is 4.74 Å². The van der Waals surface area contributed by atoms with E-state index in [1.807, 2.05) is 13.8 Å². The van der Waals surface area contributed by atoms with Crippen molar-refractivity contribution >= 4 is 27.6 Å². The fourth-order valence-corrected chi connectivity index (χ4v) is 1.55. The summed E-state index contributed by atoms with van der Waals surface area (Å²) < 4.78 is 18.4. The Kier molecular flexibility index (Phi) is 6.03. The van der Waals surface area contributed by atoms with Gasteiger partial charge in [0.15, 0.2) is 0 Å². The zero-order chi connectivity index (χ0) is 12.9. The largest absolute Gasteiger partial charge is 0.465 e. The third-order valence-corrected chi connectivity index (χ3v) is 2.56. The maximum atomic E-state index is 13.5. The molecule has 0 unspecified atom stereocenters. The number of nitrogen functional groups attached to an aromatic ring is 1. The van der Waals surface area contributed by atoms with E-state index in [2.05, 4.69) is 20.7 Å². The van der Waals surface area contributed by atoms with Gasteiger partial charge in [-0.3, -0.25) is 0 Å². The van der Waals surface area contributed by atoms with Gasteiger partial charge in [0.1, 0.15) is 5.82 Å². The van der Waals surface area contributed by atoms with Gasteiger partial charge in [-0.25, -0.2) is 9.18 Å². The average molecular weight is 292 g/mol. The topological polar surface area (TPSA) is 52.3 Å². The third kappa shape index (κ3) is 2.95. The van der Waals surface area contributed by atoms with Crippen LogP contribution < -0.4 is 5.73 Å². The number of anilines is 1. The number of methoxy groups -OCH3 is 1. The van der Waals surface area contributed by atoms with Crippen molar-refractivity contribution in [2.24, 2.45) is 0 Å². The number of esters is 1. The highest BCUT2D eigenvalue weighted by molar-refractivity contribution is 9.10. The number of hydrogen-bond acceptors (Lipinski definition) is 3. The Labute approximate surface area is 103 Å². The van der Waals surface area contributed by atoms with E-state index in [-0.39, 0.29) is 16.8 Å². The molecule has 2 N–H and O–H groups in total. The molecule has 0 spiro atoms. The van der Waals surface area contributed by atoms with Crippen molar-refractivity contribution in [1.82, 2.24) is 0 Å². The Hall–Kier alpha value is -1.10. The Morgan fingerprint density at radius 2 is 2.00 bits per heavy atom. The van der Waals surface area contributed by atoms with Crippen LogP contribution in [0.4, 0.5) is 10.1 Å². The summed E-state index contributed by atoms with van der Waals surface area (Å²) >= 11 is 3.13. The molecule has 1 rings (SSSR count).